The van der Waals surface area contributed by atoms with Crippen molar-refractivity contribution in [2.24, 2.45) is 0 Å². The molecule has 1 fully saturated rings. The summed E-state index contributed by atoms with van der Waals surface area (Å²) in [6, 6.07) is 12.5. The van der Waals surface area contributed by atoms with E-state index in [1.54, 1.807) is 30.3 Å². The molecule has 1 aliphatic rings. The number of aromatic amines is 1. The third kappa shape index (κ3) is 6.52. The number of amides is 1. The lowest BCUT2D eigenvalue weighted by molar-refractivity contribution is -0.294. The van der Waals surface area contributed by atoms with Crippen LogP contribution < -0.4 is 5.56 Å². The molecule has 11 nitrogen and oxygen atoms in total. The van der Waals surface area contributed by atoms with Gasteiger partial charge in [-0.25, -0.2) is 4.79 Å². The SMILES string of the molecule is Cc1cc(C)c2[nH]c(=O)c(CN(CCO[C@@H]3O[C@H](C(=O)O)[C@@H](O)[C@H](O)C3O)C(=O)Cc3ccccc3Cl)cc2c1. The first-order valence-corrected chi connectivity index (χ1v) is 13.0. The van der Waals surface area contributed by atoms with E-state index in [1.165, 1.54) is 4.90 Å². The van der Waals surface area contributed by atoms with Crippen molar-refractivity contribution in [3.8, 4) is 0 Å². The van der Waals surface area contributed by atoms with Crippen molar-refractivity contribution in [1.29, 1.82) is 0 Å². The molecule has 1 unspecified atom stereocenters. The van der Waals surface area contributed by atoms with Crippen LogP contribution in [0.5, 0.6) is 0 Å². The predicted octanol–water partition coefficient (Wildman–Crippen LogP) is 1.28. The van der Waals surface area contributed by atoms with Gasteiger partial charge in [0, 0.05) is 17.1 Å². The maximum absolute atomic E-state index is 13.4. The largest absolute Gasteiger partial charge is 0.479 e. The van der Waals surface area contributed by atoms with Gasteiger partial charge in [0.25, 0.3) is 5.56 Å². The molecule has 1 saturated heterocycles. The molecule has 3 aromatic rings. The number of rotatable bonds is 9. The van der Waals surface area contributed by atoms with Gasteiger partial charge in [0.1, 0.15) is 18.3 Å². The summed E-state index contributed by atoms with van der Waals surface area (Å²) < 4.78 is 10.7. The third-order valence-electron chi connectivity index (χ3n) is 6.84. The highest BCUT2D eigenvalue weighted by Gasteiger charge is 2.47. The number of hydrogen-bond donors (Lipinski definition) is 5. The molecule has 214 valence electrons. The van der Waals surface area contributed by atoms with Gasteiger partial charge in [-0.2, -0.15) is 0 Å². The van der Waals surface area contributed by atoms with Crippen LogP contribution in [0.3, 0.4) is 0 Å². The second kappa shape index (κ2) is 12.5. The zero-order valence-corrected chi connectivity index (χ0v) is 22.7. The smallest absolute Gasteiger partial charge is 0.335 e. The second-order valence-electron chi connectivity index (χ2n) is 9.86. The van der Waals surface area contributed by atoms with E-state index < -0.39 is 36.7 Å². The number of carbonyl (C=O) groups excluding carboxylic acids is 1. The molecule has 12 heteroatoms. The van der Waals surface area contributed by atoms with Gasteiger partial charge < -0.3 is 39.8 Å². The molecule has 0 aliphatic carbocycles. The molecular formula is C28H31ClN2O9. The Morgan fingerprint density at radius 2 is 1.77 bits per heavy atom. The third-order valence-corrected chi connectivity index (χ3v) is 7.21. The molecule has 1 amide bonds. The van der Waals surface area contributed by atoms with Gasteiger partial charge in [-0.1, -0.05) is 41.4 Å². The number of fused-ring (bicyclic) bond motifs is 1. The molecule has 0 bridgehead atoms. The molecule has 0 radical (unpaired) electrons. The maximum Gasteiger partial charge on any atom is 0.335 e. The van der Waals surface area contributed by atoms with Crippen LogP contribution in [0.1, 0.15) is 22.3 Å². The Kier molecular flexibility index (Phi) is 9.24. The topological polar surface area (TPSA) is 170 Å². The number of aryl methyl sites for hydroxylation is 2. The number of benzene rings is 2. The fraction of sp³-hybridized carbons (Fsp3) is 0.393. The highest BCUT2D eigenvalue weighted by molar-refractivity contribution is 6.31. The van der Waals surface area contributed by atoms with E-state index in [2.05, 4.69) is 4.98 Å². The molecule has 5 N–H and O–H groups in total. The lowest BCUT2D eigenvalue weighted by Gasteiger charge is -2.38. The van der Waals surface area contributed by atoms with Gasteiger partial charge in [0.15, 0.2) is 12.4 Å². The number of aliphatic carboxylic acids is 1. The van der Waals surface area contributed by atoms with E-state index in [9.17, 15) is 34.8 Å². The number of aliphatic hydroxyl groups excluding tert-OH is 3. The maximum atomic E-state index is 13.4. The Morgan fingerprint density at radius 3 is 2.48 bits per heavy atom. The number of nitrogens with one attached hydrogen (secondary N) is 1. The number of aliphatic hydroxyl groups is 3. The molecule has 4 rings (SSSR count). The summed E-state index contributed by atoms with van der Waals surface area (Å²) in [7, 11) is 0. The van der Waals surface area contributed by atoms with Crippen molar-refractivity contribution in [3.05, 3.63) is 80.1 Å². The van der Waals surface area contributed by atoms with Gasteiger partial charge >= 0.3 is 5.97 Å². The average Bonchev–Trinajstić information content (AvgIpc) is 2.89. The molecule has 1 aliphatic heterocycles. The molecule has 2 heterocycles. The van der Waals surface area contributed by atoms with E-state index in [-0.39, 0.29) is 37.6 Å². The van der Waals surface area contributed by atoms with Crippen molar-refractivity contribution < 1.29 is 39.5 Å². The normalized spacial score (nSPS) is 22.8. The monoisotopic (exact) mass is 574 g/mol. The Bertz CT molecular complexity index is 1460. The lowest BCUT2D eigenvalue weighted by Crippen LogP contribution is -2.60. The number of H-pyrrole nitrogens is 1. The summed E-state index contributed by atoms with van der Waals surface area (Å²) >= 11 is 6.25. The predicted molar refractivity (Wildman–Crippen MR) is 145 cm³/mol. The Labute approximate surface area is 234 Å². The number of carboxylic acid groups (broad SMARTS) is 1. The quantitative estimate of drug-likeness (QED) is 0.252. The molecule has 40 heavy (non-hydrogen) atoms. The van der Waals surface area contributed by atoms with Crippen molar-refractivity contribution in [1.82, 2.24) is 9.88 Å². The van der Waals surface area contributed by atoms with Crippen LogP contribution >= 0.6 is 11.6 Å². The second-order valence-corrected chi connectivity index (χ2v) is 10.3. The lowest BCUT2D eigenvalue weighted by atomic mass is 9.99. The standard InChI is InChI=1S/C28H31ClN2O9/c1-14-9-15(2)21-17(10-14)11-18(26(36)30-21)13-31(20(32)12-16-5-3-4-6-19(16)29)7-8-39-28-24(35)22(33)23(34)25(40-28)27(37)38/h3-6,9-11,22-25,28,33-35H,7-8,12-13H2,1-2H3,(H,30,36)(H,37,38)/t22-,23-,24?,25-,28+/m0/s1. The van der Waals surface area contributed by atoms with Gasteiger partial charge in [0.05, 0.1) is 25.1 Å². The van der Waals surface area contributed by atoms with Gasteiger partial charge in [-0.15, -0.1) is 0 Å². The summed E-state index contributed by atoms with van der Waals surface area (Å²) in [6.45, 7) is 3.46. The molecule has 5 atom stereocenters. The number of ether oxygens (including phenoxy) is 2. The first-order chi connectivity index (χ1) is 19.0. The van der Waals surface area contributed by atoms with Crippen LogP contribution in [0, 0.1) is 13.8 Å². The number of pyridine rings is 1. The Morgan fingerprint density at radius 1 is 1.05 bits per heavy atom. The fourth-order valence-corrected chi connectivity index (χ4v) is 4.93. The van der Waals surface area contributed by atoms with E-state index >= 15 is 0 Å². The average molecular weight is 575 g/mol. The number of hydrogen-bond acceptors (Lipinski definition) is 8. The van der Waals surface area contributed by atoms with E-state index in [0.717, 1.165) is 16.5 Å². The van der Waals surface area contributed by atoms with Crippen molar-refractivity contribution in [3.63, 3.8) is 0 Å². The minimum absolute atomic E-state index is 0.0576. The highest BCUT2D eigenvalue weighted by atomic mass is 35.5. The van der Waals surface area contributed by atoms with E-state index in [0.29, 0.717) is 21.7 Å². The number of carbonyl (C=O) groups is 2. The van der Waals surface area contributed by atoms with Gasteiger partial charge in [-0.3, -0.25) is 9.59 Å². The number of nitrogens with zero attached hydrogens (tertiary/aromatic N) is 1. The van der Waals surface area contributed by atoms with Crippen LogP contribution in [0.4, 0.5) is 0 Å². The van der Waals surface area contributed by atoms with E-state index in [4.69, 9.17) is 21.1 Å². The highest BCUT2D eigenvalue weighted by Crippen LogP contribution is 2.23. The number of aromatic nitrogens is 1. The van der Waals surface area contributed by atoms with Crippen molar-refractivity contribution >= 4 is 34.4 Å². The molecule has 1 aromatic heterocycles. The zero-order chi connectivity index (χ0) is 29.1. The number of carboxylic acids is 1. The van der Waals surface area contributed by atoms with Crippen LogP contribution in [0.25, 0.3) is 10.9 Å². The summed E-state index contributed by atoms with van der Waals surface area (Å²) in [5, 5.41) is 40.6. The van der Waals surface area contributed by atoms with Crippen LogP contribution in [-0.4, -0.2) is 86.0 Å². The Hall–Kier alpha value is -3.32. The van der Waals surface area contributed by atoms with Crippen LogP contribution in [0.15, 0.2) is 47.3 Å². The minimum Gasteiger partial charge on any atom is -0.479 e. The first-order valence-electron chi connectivity index (χ1n) is 12.6. The summed E-state index contributed by atoms with van der Waals surface area (Å²) in [6.07, 6.45) is -8.85. The van der Waals surface area contributed by atoms with Gasteiger partial charge in [-0.05, 0) is 48.6 Å². The first kappa shape index (κ1) is 29.7. The van der Waals surface area contributed by atoms with Crippen molar-refractivity contribution in [2.45, 2.75) is 57.5 Å². The zero-order valence-electron chi connectivity index (χ0n) is 21.9. The van der Waals surface area contributed by atoms with Crippen LogP contribution in [0.2, 0.25) is 5.02 Å². The molecular weight excluding hydrogens is 544 g/mol. The molecule has 2 aromatic carbocycles. The molecule has 0 spiro atoms. The summed E-state index contributed by atoms with van der Waals surface area (Å²) in [5.74, 6) is -1.90. The summed E-state index contributed by atoms with van der Waals surface area (Å²) in [5.41, 5.74) is 3.20. The van der Waals surface area contributed by atoms with E-state index in [1.807, 2.05) is 26.0 Å². The number of halogens is 1. The van der Waals surface area contributed by atoms with Crippen molar-refractivity contribution in [2.75, 3.05) is 13.2 Å². The fourth-order valence-electron chi connectivity index (χ4n) is 4.73. The summed E-state index contributed by atoms with van der Waals surface area (Å²) in [4.78, 5) is 42.0. The van der Waals surface area contributed by atoms with Crippen LogP contribution in [-0.2, 0) is 32.0 Å². The molecule has 0 saturated carbocycles. The minimum atomic E-state index is -1.85. The van der Waals surface area contributed by atoms with Gasteiger partial charge in [0.2, 0.25) is 5.91 Å². The Balaban J connectivity index is 1.55.